The summed E-state index contributed by atoms with van der Waals surface area (Å²) in [5.74, 6) is -0.233. The minimum Gasteiger partial charge on any atom is -0.399 e. The second-order valence-electron chi connectivity index (χ2n) is 5.97. The average Bonchev–Trinajstić information content (AvgIpc) is 2.81. The first kappa shape index (κ1) is 15.6. The van der Waals surface area contributed by atoms with Crippen LogP contribution in [0.4, 0.5) is 0 Å². The topological polar surface area (TPSA) is 70.0 Å². The molecule has 0 amide bonds. The van der Waals surface area contributed by atoms with E-state index in [9.17, 15) is 10.4 Å². The molecule has 0 heterocycles. The van der Waals surface area contributed by atoms with Gasteiger partial charge in [-0.05, 0) is 36.6 Å². The van der Waals surface area contributed by atoms with Crippen LogP contribution in [-0.4, -0.2) is 5.11 Å². The standard InChI is InChI=1S/C19H17ClN2O/c1-12-2-6-14(7-3-12)19(23)10-16(17(11-21)18(19)22)13-4-8-15(20)9-5-13/h2-9,16,23H,10,22H2,1H3/t16-,19+/m0/s1. The lowest BCUT2D eigenvalue weighted by atomic mass is 9.86. The fourth-order valence-corrected chi connectivity index (χ4v) is 3.26. The lowest BCUT2D eigenvalue weighted by Gasteiger charge is -2.25. The fourth-order valence-electron chi connectivity index (χ4n) is 3.14. The van der Waals surface area contributed by atoms with Crippen LogP contribution in [0.25, 0.3) is 0 Å². The van der Waals surface area contributed by atoms with E-state index in [4.69, 9.17) is 17.3 Å². The molecule has 0 unspecified atom stereocenters. The summed E-state index contributed by atoms with van der Waals surface area (Å²) in [6, 6.07) is 17.1. The minimum atomic E-state index is -1.32. The molecule has 0 radical (unpaired) electrons. The van der Waals surface area contributed by atoms with Gasteiger partial charge in [0, 0.05) is 10.9 Å². The zero-order valence-electron chi connectivity index (χ0n) is 12.8. The summed E-state index contributed by atoms with van der Waals surface area (Å²) < 4.78 is 0. The smallest absolute Gasteiger partial charge is 0.131 e. The van der Waals surface area contributed by atoms with Crippen LogP contribution in [0.2, 0.25) is 5.02 Å². The monoisotopic (exact) mass is 324 g/mol. The Morgan fingerprint density at radius 1 is 1.17 bits per heavy atom. The van der Waals surface area contributed by atoms with Crippen LogP contribution in [0, 0.1) is 18.3 Å². The average molecular weight is 325 g/mol. The molecule has 0 aliphatic heterocycles. The van der Waals surface area contributed by atoms with E-state index < -0.39 is 5.60 Å². The van der Waals surface area contributed by atoms with Crippen LogP contribution in [0.5, 0.6) is 0 Å². The molecule has 0 bridgehead atoms. The second kappa shape index (κ2) is 5.73. The molecule has 2 aromatic rings. The van der Waals surface area contributed by atoms with E-state index in [1.54, 1.807) is 12.1 Å². The molecule has 23 heavy (non-hydrogen) atoms. The molecule has 4 heteroatoms. The van der Waals surface area contributed by atoms with E-state index >= 15 is 0 Å². The molecule has 0 aromatic heterocycles. The lowest BCUT2D eigenvalue weighted by Crippen LogP contribution is -2.30. The highest BCUT2D eigenvalue weighted by molar-refractivity contribution is 6.30. The van der Waals surface area contributed by atoms with E-state index in [0.717, 1.165) is 11.1 Å². The van der Waals surface area contributed by atoms with Crippen molar-refractivity contribution in [1.82, 2.24) is 0 Å². The van der Waals surface area contributed by atoms with Crippen molar-refractivity contribution in [2.24, 2.45) is 5.73 Å². The highest BCUT2D eigenvalue weighted by Crippen LogP contribution is 2.48. The normalized spacial score (nSPS) is 23.8. The number of rotatable bonds is 2. The van der Waals surface area contributed by atoms with Crippen LogP contribution < -0.4 is 5.73 Å². The number of aryl methyl sites for hydroxylation is 1. The first-order valence-electron chi connectivity index (χ1n) is 7.41. The predicted octanol–water partition coefficient (Wildman–Crippen LogP) is 3.76. The molecule has 0 saturated carbocycles. The number of hydrogen-bond donors (Lipinski definition) is 2. The van der Waals surface area contributed by atoms with E-state index in [1.165, 1.54) is 0 Å². The first-order valence-corrected chi connectivity index (χ1v) is 7.78. The maximum absolute atomic E-state index is 11.1. The largest absolute Gasteiger partial charge is 0.399 e. The lowest BCUT2D eigenvalue weighted by molar-refractivity contribution is 0.0724. The SMILES string of the molecule is Cc1ccc([C@]2(O)C[C@@H](c3ccc(Cl)cc3)C(C#N)=C2N)cc1. The van der Waals surface area contributed by atoms with Gasteiger partial charge >= 0.3 is 0 Å². The predicted molar refractivity (Wildman–Crippen MR) is 90.7 cm³/mol. The van der Waals surface area contributed by atoms with Gasteiger partial charge in [0.05, 0.1) is 17.3 Å². The van der Waals surface area contributed by atoms with Crippen LogP contribution in [-0.2, 0) is 5.60 Å². The number of benzene rings is 2. The number of hydrogen-bond acceptors (Lipinski definition) is 3. The number of nitrogens with zero attached hydrogens (tertiary/aromatic N) is 1. The van der Waals surface area contributed by atoms with Crippen LogP contribution in [0.3, 0.4) is 0 Å². The molecule has 0 spiro atoms. The summed E-state index contributed by atoms with van der Waals surface area (Å²) in [6.45, 7) is 1.99. The van der Waals surface area contributed by atoms with Crippen molar-refractivity contribution in [3.05, 3.63) is 81.5 Å². The zero-order chi connectivity index (χ0) is 16.6. The molecule has 1 aliphatic carbocycles. The summed E-state index contributed by atoms with van der Waals surface area (Å²) in [6.07, 6.45) is 0.354. The molecule has 2 aromatic carbocycles. The summed E-state index contributed by atoms with van der Waals surface area (Å²) in [7, 11) is 0. The molecule has 3 N–H and O–H groups in total. The Bertz CT molecular complexity index is 803. The molecule has 0 saturated heterocycles. The fraction of sp³-hybridized carbons (Fsp3) is 0.211. The van der Waals surface area contributed by atoms with Gasteiger partial charge in [-0.1, -0.05) is 53.6 Å². The number of allylic oxidation sites excluding steroid dienone is 1. The summed E-state index contributed by atoms with van der Waals surface area (Å²) in [4.78, 5) is 0. The van der Waals surface area contributed by atoms with Crippen molar-refractivity contribution in [2.45, 2.75) is 24.9 Å². The van der Waals surface area contributed by atoms with Crippen LogP contribution >= 0.6 is 11.6 Å². The maximum atomic E-state index is 11.1. The van der Waals surface area contributed by atoms with Crippen LogP contribution in [0.1, 0.15) is 29.0 Å². The Morgan fingerprint density at radius 3 is 2.35 bits per heavy atom. The van der Waals surface area contributed by atoms with Gasteiger partial charge in [0.25, 0.3) is 0 Å². The Morgan fingerprint density at radius 2 is 1.78 bits per heavy atom. The van der Waals surface area contributed by atoms with E-state index in [-0.39, 0.29) is 11.6 Å². The third-order valence-corrected chi connectivity index (χ3v) is 4.76. The molecule has 2 atom stereocenters. The van der Waals surface area contributed by atoms with Crippen molar-refractivity contribution < 1.29 is 5.11 Å². The van der Waals surface area contributed by atoms with Crippen LogP contribution in [0.15, 0.2) is 59.8 Å². The maximum Gasteiger partial charge on any atom is 0.131 e. The van der Waals surface area contributed by atoms with Gasteiger partial charge in [0.2, 0.25) is 0 Å². The van der Waals surface area contributed by atoms with Gasteiger partial charge in [0.1, 0.15) is 5.60 Å². The van der Waals surface area contributed by atoms with Gasteiger partial charge in [-0.25, -0.2) is 0 Å². The number of aliphatic hydroxyl groups is 1. The Kier molecular flexibility index (Phi) is 3.89. The molecular formula is C19H17ClN2O. The van der Waals surface area contributed by atoms with Gasteiger partial charge < -0.3 is 10.8 Å². The van der Waals surface area contributed by atoms with Crippen molar-refractivity contribution >= 4 is 11.6 Å². The van der Waals surface area contributed by atoms with Crippen molar-refractivity contribution in [3.63, 3.8) is 0 Å². The third kappa shape index (κ3) is 2.61. The first-order chi connectivity index (χ1) is 11.0. The summed E-state index contributed by atoms with van der Waals surface area (Å²) >= 11 is 5.93. The quantitative estimate of drug-likeness (QED) is 0.883. The second-order valence-corrected chi connectivity index (χ2v) is 6.41. The zero-order valence-corrected chi connectivity index (χ0v) is 13.5. The molecule has 1 aliphatic rings. The summed E-state index contributed by atoms with van der Waals surface area (Å²) in [5, 5.41) is 21.3. The highest BCUT2D eigenvalue weighted by atomic mass is 35.5. The van der Waals surface area contributed by atoms with Crippen molar-refractivity contribution in [1.29, 1.82) is 5.26 Å². The third-order valence-electron chi connectivity index (χ3n) is 4.51. The van der Waals surface area contributed by atoms with Gasteiger partial charge in [-0.15, -0.1) is 0 Å². The Labute approximate surface area is 140 Å². The van der Waals surface area contributed by atoms with Gasteiger partial charge in [-0.2, -0.15) is 5.26 Å². The van der Waals surface area contributed by atoms with Crippen molar-refractivity contribution in [2.75, 3.05) is 0 Å². The van der Waals surface area contributed by atoms with E-state index in [0.29, 0.717) is 22.6 Å². The molecule has 3 rings (SSSR count). The number of nitriles is 1. The highest BCUT2D eigenvalue weighted by Gasteiger charge is 2.45. The Balaban J connectivity index is 2.06. The van der Waals surface area contributed by atoms with E-state index in [2.05, 4.69) is 6.07 Å². The van der Waals surface area contributed by atoms with E-state index in [1.807, 2.05) is 43.3 Å². The molecule has 3 nitrogen and oxygen atoms in total. The molecular weight excluding hydrogens is 308 g/mol. The number of halogens is 1. The van der Waals surface area contributed by atoms with Gasteiger partial charge in [-0.3, -0.25) is 0 Å². The Hall–Kier alpha value is -2.28. The minimum absolute atomic E-state index is 0.233. The van der Waals surface area contributed by atoms with Gasteiger partial charge in [0.15, 0.2) is 0 Å². The number of nitrogens with two attached hydrogens (primary N) is 1. The molecule has 116 valence electrons. The van der Waals surface area contributed by atoms with Crippen molar-refractivity contribution in [3.8, 4) is 6.07 Å². The summed E-state index contributed by atoms with van der Waals surface area (Å²) in [5.41, 5.74) is 8.27. The molecule has 0 fully saturated rings.